The standard InChI is InChI=1S/C7H8S/c8-6-7-4-2-1-3-5-7/h1-5,8H,6H2/i6D. The highest BCUT2D eigenvalue weighted by Crippen LogP contribution is 2.00. The Labute approximate surface area is 56.4 Å². The summed E-state index contributed by atoms with van der Waals surface area (Å²) in [5.41, 5.74) is 0.548. The summed E-state index contributed by atoms with van der Waals surface area (Å²) in [4.78, 5) is 0. The first-order chi connectivity index (χ1) is 4.30. The van der Waals surface area contributed by atoms with Crippen LogP contribution in [-0.2, 0) is 5.73 Å². The zero-order valence-electron chi connectivity index (χ0n) is 5.41. The Hall–Kier alpha value is -0.430. The van der Waals surface area contributed by atoms with Crippen molar-refractivity contribution < 1.29 is 1.37 Å². The molecule has 1 rings (SSSR count). The first kappa shape index (κ1) is 4.45. The van der Waals surface area contributed by atoms with E-state index in [1.165, 1.54) is 0 Å². The average Bonchev–Trinajstić information content (AvgIpc) is 1.90. The van der Waals surface area contributed by atoms with Gasteiger partial charge in [-0.3, -0.25) is 0 Å². The van der Waals surface area contributed by atoms with Crippen molar-refractivity contribution in [2.75, 3.05) is 0 Å². The van der Waals surface area contributed by atoms with Crippen LogP contribution in [0.2, 0.25) is 0 Å². The maximum absolute atomic E-state index is 7.18. The summed E-state index contributed by atoms with van der Waals surface area (Å²) in [6, 6.07) is 9.54. The fourth-order valence-corrected chi connectivity index (χ4v) is 0.711. The van der Waals surface area contributed by atoms with Crippen LogP contribution < -0.4 is 0 Å². The Morgan fingerprint density at radius 3 is 2.38 bits per heavy atom. The zero-order valence-corrected chi connectivity index (χ0v) is 5.31. The molecule has 0 fully saturated rings. The minimum Gasteiger partial charge on any atom is -0.175 e. The third kappa shape index (κ3) is 1.27. The highest BCUT2D eigenvalue weighted by atomic mass is 32.1. The van der Waals surface area contributed by atoms with Gasteiger partial charge in [0.05, 0.1) is 0 Å². The highest BCUT2D eigenvalue weighted by molar-refractivity contribution is 7.79. The van der Waals surface area contributed by atoms with E-state index in [2.05, 4.69) is 12.6 Å². The Balaban J connectivity index is 2.85. The first-order valence-electron chi connectivity index (χ1n) is 3.03. The van der Waals surface area contributed by atoms with Gasteiger partial charge >= 0.3 is 0 Å². The summed E-state index contributed by atoms with van der Waals surface area (Å²) in [6.45, 7) is 0. The van der Waals surface area contributed by atoms with Gasteiger partial charge in [0.25, 0.3) is 0 Å². The monoisotopic (exact) mass is 125 g/mol. The van der Waals surface area contributed by atoms with Gasteiger partial charge in [-0.25, -0.2) is 0 Å². The summed E-state index contributed by atoms with van der Waals surface area (Å²) in [5.74, 6) is 0. The van der Waals surface area contributed by atoms with Crippen LogP contribution in [0, 0.1) is 0 Å². The highest BCUT2D eigenvalue weighted by Gasteiger charge is 1.80. The summed E-state index contributed by atoms with van der Waals surface area (Å²) >= 11 is 3.95. The Morgan fingerprint density at radius 1 is 1.38 bits per heavy atom. The van der Waals surface area contributed by atoms with Crippen LogP contribution in [-0.4, -0.2) is 0 Å². The summed E-state index contributed by atoms with van der Waals surface area (Å²) in [7, 11) is 0. The van der Waals surface area contributed by atoms with Crippen LogP contribution in [0.3, 0.4) is 0 Å². The van der Waals surface area contributed by atoms with Crippen molar-refractivity contribution in [2.45, 2.75) is 5.73 Å². The van der Waals surface area contributed by atoms with Crippen molar-refractivity contribution in [1.29, 1.82) is 0 Å². The van der Waals surface area contributed by atoms with Crippen molar-refractivity contribution in [3.63, 3.8) is 0 Å². The van der Waals surface area contributed by atoms with E-state index in [9.17, 15) is 0 Å². The molecule has 42 valence electrons. The predicted octanol–water partition coefficient (Wildman–Crippen LogP) is 2.12. The van der Waals surface area contributed by atoms with Crippen LogP contribution in [0.5, 0.6) is 0 Å². The van der Waals surface area contributed by atoms with Gasteiger partial charge in [-0.05, 0) is 5.56 Å². The van der Waals surface area contributed by atoms with Gasteiger partial charge in [0.2, 0.25) is 0 Å². The lowest BCUT2D eigenvalue weighted by atomic mass is 10.2. The molecule has 0 nitrogen and oxygen atoms in total. The van der Waals surface area contributed by atoms with E-state index in [-0.39, 0.29) is 0 Å². The van der Waals surface area contributed by atoms with Gasteiger partial charge in [-0.1, -0.05) is 30.3 Å². The molecule has 1 unspecified atom stereocenters. The fraction of sp³-hybridized carbons (Fsp3) is 0.143. The third-order valence-electron chi connectivity index (χ3n) is 0.949. The maximum atomic E-state index is 7.18. The molecule has 1 heteroatoms. The molecular formula is C7H8S. The molecule has 0 amide bonds. The van der Waals surface area contributed by atoms with E-state index in [0.29, 0.717) is 0 Å². The molecular weight excluding hydrogens is 116 g/mol. The van der Waals surface area contributed by atoms with E-state index in [0.717, 1.165) is 5.56 Å². The van der Waals surface area contributed by atoms with Crippen molar-refractivity contribution in [1.82, 2.24) is 0 Å². The Morgan fingerprint density at radius 2 is 2.00 bits per heavy atom. The van der Waals surface area contributed by atoms with Crippen LogP contribution >= 0.6 is 12.6 Å². The molecule has 1 atom stereocenters. The Kier molecular flexibility index (Phi) is 1.54. The van der Waals surface area contributed by atoms with E-state index < -0.39 is 5.73 Å². The molecule has 0 radical (unpaired) electrons. The molecule has 0 aliphatic heterocycles. The molecule has 0 aromatic heterocycles. The van der Waals surface area contributed by atoms with Gasteiger partial charge in [0, 0.05) is 7.10 Å². The lowest BCUT2D eigenvalue weighted by molar-refractivity contribution is 1.43. The zero-order chi connectivity index (χ0) is 6.69. The number of rotatable bonds is 1. The maximum Gasteiger partial charge on any atom is 0.0428 e. The van der Waals surface area contributed by atoms with Crippen molar-refractivity contribution in [3.05, 3.63) is 35.9 Å². The molecule has 0 heterocycles. The second kappa shape index (κ2) is 2.78. The molecule has 0 N–H and O–H groups in total. The molecule has 0 aliphatic rings. The molecule has 0 saturated carbocycles. The minimum absolute atomic E-state index is 0.397. The SMILES string of the molecule is [2H]C(S)c1ccccc1. The van der Waals surface area contributed by atoms with Gasteiger partial charge in [-0.15, -0.1) is 0 Å². The van der Waals surface area contributed by atoms with Gasteiger partial charge in [0.1, 0.15) is 0 Å². The smallest absolute Gasteiger partial charge is 0.0428 e. The largest absolute Gasteiger partial charge is 0.175 e. The summed E-state index contributed by atoms with van der Waals surface area (Å²) in [6.07, 6.45) is 0. The fourth-order valence-electron chi connectivity index (χ4n) is 0.539. The van der Waals surface area contributed by atoms with Gasteiger partial charge in [0.15, 0.2) is 0 Å². The predicted molar refractivity (Wildman–Crippen MR) is 39.1 cm³/mol. The third-order valence-corrected chi connectivity index (χ3v) is 1.25. The second-order valence-corrected chi connectivity index (χ2v) is 1.80. The average molecular weight is 125 g/mol. The van der Waals surface area contributed by atoms with E-state index in [1.807, 2.05) is 30.3 Å². The van der Waals surface area contributed by atoms with E-state index >= 15 is 0 Å². The van der Waals surface area contributed by atoms with Gasteiger partial charge in [-0.2, -0.15) is 12.6 Å². The Bertz CT molecular complexity index is 172. The molecule has 0 bridgehead atoms. The van der Waals surface area contributed by atoms with E-state index in [1.54, 1.807) is 0 Å². The minimum atomic E-state index is -0.397. The molecule has 0 spiro atoms. The topological polar surface area (TPSA) is 0 Å². The normalized spacial score (nSPS) is 14.9. The summed E-state index contributed by atoms with van der Waals surface area (Å²) < 4.78 is 7.18. The molecule has 1 aromatic carbocycles. The molecule has 0 aliphatic carbocycles. The number of hydrogen-bond acceptors (Lipinski definition) is 1. The van der Waals surface area contributed by atoms with Crippen molar-refractivity contribution in [2.24, 2.45) is 0 Å². The molecule has 8 heavy (non-hydrogen) atoms. The summed E-state index contributed by atoms with van der Waals surface area (Å²) in [5, 5.41) is 0. The van der Waals surface area contributed by atoms with Crippen LogP contribution in [0.15, 0.2) is 30.3 Å². The molecule has 0 saturated heterocycles. The number of benzene rings is 1. The van der Waals surface area contributed by atoms with Gasteiger partial charge < -0.3 is 0 Å². The second-order valence-electron chi connectivity index (χ2n) is 1.54. The van der Waals surface area contributed by atoms with Crippen molar-refractivity contribution >= 4 is 12.6 Å². The van der Waals surface area contributed by atoms with Crippen LogP contribution in [0.1, 0.15) is 6.93 Å². The number of thiol groups is 1. The lowest BCUT2D eigenvalue weighted by Crippen LogP contribution is -1.71. The quantitative estimate of drug-likeness (QED) is 0.546. The van der Waals surface area contributed by atoms with Crippen LogP contribution in [0.25, 0.3) is 0 Å². The lowest BCUT2D eigenvalue weighted by Gasteiger charge is -1.89. The molecule has 1 aromatic rings. The van der Waals surface area contributed by atoms with Crippen LogP contribution in [0.4, 0.5) is 0 Å². The first-order valence-corrected chi connectivity index (χ1v) is 2.97. The van der Waals surface area contributed by atoms with Crippen molar-refractivity contribution in [3.8, 4) is 0 Å². The van der Waals surface area contributed by atoms with E-state index in [4.69, 9.17) is 1.37 Å². The number of hydrogen-bond donors (Lipinski definition) is 1.